The van der Waals surface area contributed by atoms with Crippen LogP contribution in [0.1, 0.15) is 22.8 Å². The predicted molar refractivity (Wildman–Crippen MR) is 81.6 cm³/mol. The number of para-hydroxylation sites is 1. The van der Waals surface area contributed by atoms with Crippen molar-refractivity contribution in [1.82, 2.24) is 4.98 Å². The van der Waals surface area contributed by atoms with Gasteiger partial charge in [-0.3, -0.25) is 4.98 Å². The lowest BCUT2D eigenvalue weighted by Gasteiger charge is -2.14. The Hall–Kier alpha value is -2.19. The molecule has 1 unspecified atom stereocenters. The van der Waals surface area contributed by atoms with Gasteiger partial charge in [0.2, 0.25) is 0 Å². The summed E-state index contributed by atoms with van der Waals surface area (Å²) in [5.41, 5.74) is 4.22. The molecule has 0 fully saturated rings. The molecule has 1 heterocycles. The average molecular weight is 263 g/mol. The summed E-state index contributed by atoms with van der Waals surface area (Å²) in [4.78, 5) is 4.36. The molecule has 2 nitrogen and oxygen atoms in total. The second-order valence-electron chi connectivity index (χ2n) is 5.06. The molecule has 100 valence electrons. The molecule has 3 aromatic rings. The zero-order chi connectivity index (χ0) is 13.9. The maximum Gasteiger partial charge on any atom is 0.0833 e. The predicted octanol–water partition coefficient (Wildman–Crippen LogP) is 3.82. The Kier molecular flexibility index (Phi) is 3.48. The van der Waals surface area contributed by atoms with E-state index in [1.54, 1.807) is 0 Å². The van der Waals surface area contributed by atoms with Crippen molar-refractivity contribution < 1.29 is 5.11 Å². The van der Waals surface area contributed by atoms with E-state index in [1.165, 1.54) is 0 Å². The number of aliphatic hydroxyl groups excluding tert-OH is 1. The number of benzene rings is 2. The highest BCUT2D eigenvalue weighted by Crippen LogP contribution is 2.25. The van der Waals surface area contributed by atoms with Gasteiger partial charge in [-0.05, 0) is 35.7 Å². The first-order chi connectivity index (χ1) is 9.75. The summed E-state index contributed by atoms with van der Waals surface area (Å²) in [5, 5.41) is 11.6. The molecule has 0 saturated heterocycles. The van der Waals surface area contributed by atoms with E-state index in [9.17, 15) is 5.11 Å². The van der Waals surface area contributed by atoms with Gasteiger partial charge in [0.05, 0.1) is 11.6 Å². The van der Waals surface area contributed by atoms with E-state index in [4.69, 9.17) is 0 Å². The zero-order valence-corrected chi connectivity index (χ0v) is 11.5. The molecule has 20 heavy (non-hydrogen) atoms. The fourth-order valence-corrected chi connectivity index (χ4v) is 2.61. The van der Waals surface area contributed by atoms with Crippen LogP contribution in [-0.2, 0) is 6.42 Å². The Morgan fingerprint density at radius 3 is 2.60 bits per heavy atom. The maximum absolute atomic E-state index is 10.5. The number of nitrogens with zero attached hydrogens (tertiary/aromatic N) is 1. The molecule has 3 rings (SSSR count). The number of aromatic nitrogens is 1. The summed E-state index contributed by atoms with van der Waals surface area (Å²) >= 11 is 0. The summed E-state index contributed by atoms with van der Waals surface area (Å²) in [7, 11) is 0. The largest absolute Gasteiger partial charge is 0.388 e. The van der Waals surface area contributed by atoms with Gasteiger partial charge in [0.25, 0.3) is 0 Å². The molecule has 2 aromatic carbocycles. The quantitative estimate of drug-likeness (QED) is 0.779. The summed E-state index contributed by atoms with van der Waals surface area (Å²) in [6.07, 6.45) is 1.93. The van der Waals surface area contributed by atoms with E-state index in [-0.39, 0.29) is 0 Å². The van der Waals surface area contributed by atoms with Gasteiger partial charge in [0.1, 0.15) is 0 Å². The monoisotopic (exact) mass is 263 g/mol. The van der Waals surface area contributed by atoms with Gasteiger partial charge in [-0.2, -0.15) is 0 Å². The van der Waals surface area contributed by atoms with Crippen LogP contribution in [0.15, 0.2) is 60.8 Å². The minimum absolute atomic E-state index is 0.484. The van der Waals surface area contributed by atoms with Gasteiger partial charge in [0, 0.05) is 18.0 Å². The molecule has 1 N–H and O–H groups in total. The molecule has 0 aliphatic carbocycles. The molecular formula is C18H17NO. The Balaban J connectivity index is 1.96. The van der Waals surface area contributed by atoms with E-state index in [0.717, 1.165) is 27.6 Å². The van der Waals surface area contributed by atoms with Gasteiger partial charge in [-0.25, -0.2) is 0 Å². The van der Waals surface area contributed by atoms with E-state index in [0.29, 0.717) is 6.42 Å². The van der Waals surface area contributed by atoms with Crippen LogP contribution in [0.5, 0.6) is 0 Å². The van der Waals surface area contributed by atoms with Crippen molar-refractivity contribution >= 4 is 10.9 Å². The van der Waals surface area contributed by atoms with Crippen LogP contribution in [0.4, 0.5) is 0 Å². The fourth-order valence-electron chi connectivity index (χ4n) is 2.61. The van der Waals surface area contributed by atoms with Crippen molar-refractivity contribution in [3.05, 3.63) is 77.5 Å². The van der Waals surface area contributed by atoms with Crippen molar-refractivity contribution in [2.24, 2.45) is 0 Å². The lowest BCUT2D eigenvalue weighted by Crippen LogP contribution is -2.04. The fraction of sp³-hybridized carbons (Fsp3) is 0.167. The van der Waals surface area contributed by atoms with Gasteiger partial charge < -0.3 is 5.11 Å². The highest BCUT2D eigenvalue weighted by atomic mass is 16.3. The van der Waals surface area contributed by atoms with E-state index >= 15 is 0 Å². The van der Waals surface area contributed by atoms with Crippen LogP contribution in [-0.4, -0.2) is 10.1 Å². The first-order valence-corrected chi connectivity index (χ1v) is 6.82. The summed E-state index contributed by atoms with van der Waals surface area (Å²) < 4.78 is 0. The third-order valence-corrected chi connectivity index (χ3v) is 3.70. The summed E-state index contributed by atoms with van der Waals surface area (Å²) in [5.74, 6) is 0. The van der Waals surface area contributed by atoms with Gasteiger partial charge >= 0.3 is 0 Å². The van der Waals surface area contributed by atoms with Crippen molar-refractivity contribution in [2.75, 3.05) is 0 Å². The van der Waals surface area contributed by atoms with Crippen LogP contribution in [0, 0.1) is 6.92 Å². The average Bonchev–Trinajstić information content (AvgIpc) is 2.48. The third-order valence-electron chi connectivity index (χ3n) is 3.70. The van der Waals surface area contributed by atoms with Crippen LogP contribution in [0.2, 0.25) is 0 Å². The molecule has 0 saturated carbocycles. The van der Waals surface area contributed by atoms with Crippen molar-refractivity contribution in [2.45, 2.75) is 19.4 Å². The van der Waals surface area contributed by atoms with Crippen molar-refractivity contribution in [3.63, 3.8) is 0 Å². The number of aryl methyl sites for hydroxylation is 1. The third kappa shape index (κ3) is 2.43. The van der Waals surface area contributed by atoms with E-state index < -0.39 is 6.10 Å². The Bertz CT molecular complexity index is 731. The molecule has 0 aliphatic heterocycles. The molecule has 0 bridgehead atoms. The second-order valence-corrected chi connectivity index (χ2v) is 5.06. The number of fused-ring (bicyclic) bond motifs is 1. The summed E-state index contributed by atoms with van der Waals surface area (Å²) in [6, 6.07) is 18.0. The highest BCUT2D eigenvalue weighted by molar-refractivity contribution is 5.81. The van der Waals surface area contributed by atoms with E-state index in [1.807, 2.05) is 61.7 Å². The first kappa shape index (κ1) is 12.8. The van der Waals surface area contributed by atoms with Crippen molar-refractivity contribution in [3.8, 4) is 0 Å². The SMILES string of the molecule is Cc1ccccc1C(O)Cc1ccnc2ccccc12. The van der Waals surface area contributed by atoms with Gasteiger partial charge in [-0.15, -0.1) is 0 Å². The Labute approximate surface area is 118 Å². The molecule has 0 amide bonds. The lowest BCUT2D eigenvalue weighted by atomic mass is 9.96. The van der Waals surface area contributed by atoms with Crippen molar-refractivity contribution in [1.29, 1.82) is 0 Å². The summed E-state index contributed by atoms with van der Waals surface area (Å²) in [6.45, 7) is 2.03. The molecule has 0 spiro atoms. The highest BCUT2D eigenvalue weighted by Gasteiger charge is 2.12. The second kappa shape index (κ2) is 5.43. The van der Waals surface area contributed by atoms with E-state index in [2.05, 4.69) is 11.1 Å². The van der Waals surface area contributed by atoms with Gasteiger partial charge in [0.15, 0.2) is 0 Å². The number of rotatable bonds is 3. The maximum atomic E-state index is 10.5. The molecule has 1 atom stereocenters. The molecule has 0 radical (unpaired) electrons. The smallest absolute Gasteiger partial charge is 0.0833 e. The standard InChI is InChI=1S/C18H17NO/c1-13-6-2-3-7-15(13)18(20)12-14-10-11-19-17-9-5-4-8-16(14)17/h2-11,18,20H,12H2,1H3. The van der Waals surface area contributed by atoms with Crippen LogP contribution >= 0.6 is 0 Å². The topological polar surface area (TPSA) is 33.1 Å². The minimum Gasteiger partial charge on any atom is -0.388 e. The number of pyridine rings is 1. The number of aliphatic hydroxyl groups is 1. The minimum atomic E-state index is -0.484. The molecule has 0 aliphatic rings. The van der Waals surface area contributed by atoms with Crippen LogP contribution < -0.4 is 0 Å². The Morgan fingerprint density at radius 1 is 1.00 bits per heavy atom. The van der Waals surface area contributed by atoms with Gasteiger partial charge in [-0.1, -0.05) is 42.5 Å². The molecule has 1 aromatic heterocycles. The lowest BCUT2D eigenvalue weighted by molar-refractivity contribution is 0.178. The molecular weight excluding hydrogens is 246 g/mol. The van der Waals surface area contributed by atoms with Crippen LogP contribution in [0.25, 0.3) is 10.9 Å². The Morgan fingerprint density at radius 2 is 1.75 bits per heavy atom. The molecule has 2 heteroatoms. The zero-order valence-electron chi connectivity index (χ0n) is 11.5. The van der Waals surface area contributed by atoms with Crippen LogP contribution in [0.3, 0.4) is 0 Å². The number of hydrogen-bond donors (Lipinski definition) is 1. The first-order valence-electron chi connectivity index (χ1n) is 6.82. The normalized spacial score (nSPS) is 12.5. The number of hydrogen-bond acceptors (Lipinski definition) is 2.